The molecule has 0 aliphatic carbocycles. The Morgan fingerprint density at radius 1 is 1.40 bits per heavy atom. The third kappa shape index (κ3) is 2.61. The maximum absolute atomic E-state index is 13.5. The Balaban J connectivity index is 2.50. The van der Waals surface area contributed by atoms with E-state index in [9.17, 15) is 13.6 Å². The number of halogens is 2. The highest BCUT2D eigenvalue weighted by Gasteiger charge is 2.29. The highest BCUT2D eigenvalue weighted by molar-refractivity contribution is 5.85. The van der Waals surface area contributed by atoms with E-state index in [0.29, 0.717) is 5.56 Å². The van der Waals surface area contributed by atoms with Crippen molar-refractivity contribution in [2.45, 2.75) is 12.8 Å². The normalized spacial score (nSPS) is 11.4. The molecule has 1 N–H and O–H groups in total. The minimum Gasteiger partial charge on any atom is -0.496 e. The molecule has 5 nitrogen and oxygen atoms in total. The first kappa shape index (κ1) is 14.0. The zero-order valence-electron chi connectivity index (χ0n) is 10.7. The van der Waals surface area contributed by atoms with Crippen LogP contribution in [0.2, 0.25) is 0 Å². The molecular weight excluding hydrogens is 272 g/mol. The van der Waals surface area contributed by atoms with Gasteiger partial charge in [0.1, 0.15) is 11.4 Å². The van der Waals surface area contributed by atoms with Gasteiger partial charge in [0.2, 0.25) is 5.76 Å². The number of rotatable bonds is 4. The van der Waals surface area contributed by atoms with Crippen molar-refractivity contribution in [3.8, 4) is 17.0 Å². The fraction of sp³-hybridized carbons (Fsp3) is 0.231. The summed E-state index contributed by atoms with van der Waals surface area (Å²) in [5.41, 5.74) is 0.173. The van der Waals surface area contributed by atoms with Crippen molar-refractivity contribution < 1.29 is 27.9 Å². The van der Waals surface area contributed by atoms with Crippen molar-refractivity contribution in [1.29, 1.82) is 0 Å². The lowest BCUT2D eigenvalue weighted by atomic mass is 10.0. The number of methoxy groups -OCH3 is 1. The molecule has 7 heteroatoms. The van der Waals surface area contributed by atoms with Crippen molar-refractivity contribution in [2.24, 2.45) is 0 Å². The first-order valence-corrected chi connectivity index (χ1v) is 5.59. The smallest absolute Gasteiger partial charge is 0.374 e. The van der Waals surface area contributed by atoms with Gasteiger partial charge in [0.15, 0.2) is 0 Å². The van der Waals surface area contributed by atoms with Crippen LogP contribution in [0.3, 0.4) is 0 Å². The molecule has 20 heavy (non-hydrogen) atoms. The largest absolute Gasteiger partial charge is 0.496 e. The van der Waals surface area contributed by atoms with Gasteiger partial charge in [0.05, 0.1) is 12.7 Å². The number of nitrogens with zero attached hydrogens (tertiary/aromatic N) is 1. The molecule has 1 aromatic heterocycles. The Hall–Kier alpha value is -2.44. The van der Waals surface area contributed by atoms with Crippen molar-refractivity contribution in [2.75, 3.05) is 7.11 Å². The molecule has 0 radical (unpaired) electrons. The second kappa shape index (κ2) is 4.92. The summed E-state index contributed by atoms with van der Waals surface area (Å²) in [5.74, 6) is -4.69. The van der Waals surface area contributed by atoms with Gasteiger partial charge < -0.3 is 14.4 Å². The fourth-order valence-electron chi connectivity index (χ4n) is 1.72. The summed E-state index contributed by atoms with van der Waals surface area (Å²) in [6, 6.07) is 5.23. The Labute approximate surface area is 112 Å². The highest BCUT2D eigenvalue weighted by atomic mass is 19.3. The Morgan fingerprint density at radius 3 is 2.60 bits per heavy atom. The van der Waals surface area contributed by atoms with Gasteiger partial charge in [-0.05, 0) is 18.2 Å². The van der Waals surface area contributed by atoms with E-state index in [1.807, 2.05) is 0 Å². The van der Waals surface area contributed by atoms with Crippen LogP contribution in [0.25, 0.3) is 11.3 Å². The zero-order chi connectivity index (χ0) is 14.9. The van der Waals surface area contributed by atoms with Crippen LogP contribution in [0.5, 0.6) is 5.75 Å². The maximum Gasteiger partial charge on any atom is 0.374 e. The van der Waals surface area contributed by atoms with Crippen LogP contribution < -0.4 is 4.74 Å². The molecule has 2 aromatic rings. The number of carbonyl (C=O) groups is 1. The number of carboxylic acids is 1. The summed E-state index contributed by atoms with van der Waals surface area (Å²) < 4.78 is 36.5. The maximum atomic E-state index is 13.5. The number of alkyl halides is 2. The SMILES string of the molecule is COc1ccc(-c2cc(C(=O)O)on2)cc1C(C)(F)F. The molecule has 0 aliphatic heterocycles. The summed E-state index contributed by atoms with van der Waals surface area (Å²) >= 11 is 0. The van der Waals surface area contributed by atoms with Gasteiger partial charge in [0, 0.05) is 18.6 Å². The molecule has 106 valence electrons. The third-order valence-corrected chi connectivity index (χ3v) is 2.69. The molecule has 0 amide bonds. The van der Waals surface area contributed by atoms with Gasteiger partial charge in [-0.1, -0.05) is 5.16 Å². The third-order valence-electron chi connectivity index (χ3n) is 2.69. The van der Waals surface area contributed by atoms with Crippen LogP contribution in [0.4, 0.5) is 8.78 Å². The van der Waals surface area contributed by atoms with E-state index in [4.69, 9.17) is 9.84 Å². The summed E-state index contributed by atoms with van der Waals surface area (Å²) in [5, 5.41) is 12.3. The number of hydrogen-bond acceptors (Lipinski definition) is 4. The van der Waals surface area contributed by atoms with Crippen LogP contribution in [0, 0.1) is 0 Å². The molecule has 0 saturated carbocycles. The molecule has 0 atom stereocenters. The van der Waals surface area contributed by atoms with E-state index in [2.05, 4.69) is 9.68 Å². The molecule has 0 unspecified atom stereocenters. The van der Waals surface area contributed by atoms with Crippen molar-refractivity contribution in [3.05, 3.63) is 35.6 Å². The second-order valence-corrected chi connectivity index (χ2v) is 4.18. The zero-order valence-corrected chi connectivity index (χ0v) is 10.7. The minimum atomic E-state index is -3.10. The predicted molar refractivity (Wildman–Crippen MR) is 65.0 cm³/mol. The molecule has 2 rings (SSSR count). The quantitative estimate of drug-likeness (QED) is 0.933. The molecular formula is C13H11F2NO4. The Bertz CT molecular complexity index is 646. The summed E-state index contributed by atoms with van der Waals surface area (Å²) in [6.07, 6.45) is 0. The van der Waals surface area contributed by atoms with E-state index in [1.54, 1.807) is 0 Å². The highest BCUT2D eigenvalue weighted by Crippen LogP contribution is 2.37. The lowest BCUT2D eigenvalue weighted by Gasteiger charge is -2.15. The van der Waals surface area contributed by atoms with Crippen LogP contribution in [0.15, 0.2) is 28.8 Å². The predicted octanol–water partition coefficient (Wildman–Crippen LogP) is 3.16. The molecule has 0 aliphatic rings. The molecule has 1 aromatic carbocycles. The number of carboxylic acid groups (broad SMARTS) is 1. The standard InChI is InChI=1S/C13H11F2NO4/c1-13(14,15)8-5-7(3-4-10(8)19-2)9-6-11(12(17)18)20-16-9/h3-6H,1-2H3,(H,17,18). The van der Waals surface area contributed by atoms with Crippen LogP contribution >= 0.6 is 0 Å². The molecule has 1 heterocycles. The molecule has 0 saturated heterocycles. The van der Waals surface area contributed by atoms with Gasteiger partial charge in [-0.25, -0.2) is 13.6 Å². The van der Waals surface area contributed by atoms with E-state index in [-0.39, 0.29) is 22.8 Å². The van der Waals surface area contributed by atoms with E-state index >= 15 is 0 Å². The van der Waals surface area contributed by atoms with Gasteiger partial charge >= 0.3 is 5.97 Å². The number of aromatic carboxylic acids is 1. The van der Waals surface area contributed by atoms with Crippen molar-refractivity contribution >= 4 is 5.97 Å². The van der Waals surface area contributed by atoms with Crippen molar-refractivity contribution in [1.82, 2.24) is 5.16 Å². The second-order valence-electron chi connectivity index (χ2n) is 4.18. The topological polar surface area (TPSA) is 72.6 Å². The lowest BCUT2D eigenvalue weighted by Crippen LogP contribution is -2.09. The first-order chi connectivity index (χ1) is 9.32. The molecule has 0 bridgehead atoms. The molecule has 0 fully saturated rings. The number of ether oxygens (including phenoxy) is 1. The average molecular weight is 283 g/mol. The minimum absolute atomic E-state index is 0.0446. The van der Waals surface area contributed by atoms with Crippen LogP contribution in [-0.4, -0.2) is 23.3 Å². The summed E-state index contributed by atoms with van der Waals surface area (Å²) in [6.45, 7) is 0.750. The van der Waals surface area contributed by atoms with Gasteiger partial charge in [-0.15, -0.1) is 0 Å². The van der Waals surface area contributed by atoms with Crippen LogP contribution in [-0.2, 0) is 5.92 Å². The van der Waals surface area contributed by atoms with E-state index in [1.165, 1.54) is 31.4 Å². The number of hydrogen-bond donors (Lipinski definition) is 1. The van der Waals surface area contributed by atoms with Gasteiger partial charge in [-0.3, -0.25) is 0 Å². The van der Waals surface area contributed by atoms with E-state index in [0.717, 1.165) is 6.92 Å². The van der Waals surface area contributed by atoms with Crippen LogP contribution in [0.1, 0.15) is 23.0 Å². The van der Waals surface area contributed by atoms with Gasteiger partial charge in [0.25, 0.3) is 5.92 Å². The van der Waals surface area contributed by atoms with Gasteiger partial charge in [-0.2, -0.15) is 0 Å². The summed E-state index contributed by atoms with van der Waals surface area (Å²) in [4.78, 5) is 10.7. The Kier molecular flexibility index (Phi) is 3.44. The number of benzene rings is 1. The monoisotopic (exact) mass is 283 g/mol. The fourth-order valence-corrected chi connectivity index (χ4v) is 1.72. The number of aromatic nitrogens is 1. The lowest BCUT2D eigenvalue weighted by molar-refractivity contribution is 0.0151. The first-order valence-electron chi connectivity index (χ1n) is 5.59. The van der Waals surface area contributed by atoms with Crippen molar-refractivity contribution in [3.63, 3.8) is 0 Å². The Morgan fingerprint density at radius 2 is 2.10 bits per heavy atom. The average Bonchev–Trinajstić information content (AvgIpc) is 2.86. The van der Waals surface area contributed by atoms with E-state index < -0.39 is 11.9 Å². The summed E-state index contributed by atoms with van der Waals surface area (Å²) in [7, 11) is 1.29. The molecule has 0 spiro atoms.